The van der Waals surface area contributed by atoms with Crippen LogP contribution in [0, 0.1) is 24.5 Å². The first kappa shape index (κ1) is 31.4. The van der Waals surface area contributed by atoms with Crippen LogP contribution in [-0.4, -0.2) is 9.97 Å². The van der Waals surface area contributed by atoms with Gasteiger partial charge in [-0.05, 0) is 57.9 Å². The number of nitrogens with zero attached hydrogens (tertiary/aromatic N) is 2. The summed E-state index contributed by atoms with van der Waals surface area (Å²) < 4.78 is 6.63. The van der Waals surface area contributed by atoms with Crippen molar-refractivity contribution in [1.82, 2.24) is 9.97 Å². The molecule has 0 N–H and O–H groups in total. The van der Waals surface area contributed by atoms with E-state index in [0.717, 1.165) is 56.3 Å². The van der Waals surface area contributed by atoms with Crippen LogP contribution in [0.1, 0.15) is 31.9 Å². The number of aromatic nitrogens is 2. The van der Waals surface area contributed by atoms with E-state index < -0.39 is 0 Å². The largest absolute Gasteiger partial charge is 0.500 e. The van der Waals surface area contributed by atoms with Gasteiger partial charge in [0.1, 0.15) is 5.58 Å². The molecule has 3 aromatic heterocycles. The van der Waals surface area contributed by atoms with Crippen molar-refractivity contribution in [2.24, 2.45) is 5.41 Å². The Morgan fingerprint density at radius 1 is 0.674 bits per heavy atom. The maximum absolute atomic E-state index is 6.63. The number of aryl methyl sites for hydroxylation is 1. The first-order chi connectivity index (χ1) is 21.8. The number of pyridine rings is 2. The molecule has 4 heteroatoms. The number of furan rings is 1. The van der Waals surface area contributed by atoms with E-state index in [0.29, 0.717) is 0 Å². The first-order valence-electron chi connectivity index (χ1n) is 15.4. The van der Waals surface area contributed by atoms with Gasteiger partial charge in [0, 0.05) is 43.3 Å². The van der Waals surface area contributed by atoms with E-state index >= 15 is 0 Å². The second-order valence-electron chi connectivity index (χ2n) is 12.8. The summed E-state index contributed by atoms with van der Waals surface area (Å²) in [5, 5.41) is 7.02. The Kier molecular flexibility index (Phi) is 8.86. The minimum absolute atomic E-state index is 0. The molecule has 8 aromatic rings. The number of benzene rings is 5. The van der Waals surface area contributed by atoms with Crippen LogP contribution in [0.15, 0.2) is 126 Å². The molecule has 0 aliphatic carbocycles. The van der Waals surface area contributed by atoms with E-state index in [9.17, 15) is 0 Å². The maximum Gasteiger partial charge on any atom is 0.129 e. The normalized spacial score (nSPS) is 11.4. The van der Waals surface area contributed by atoms with E-state index in [1.165, 1.54) is 27.3 Å². The molecular weight excluding hydrogens is 741 g/mol. The zero-order chi connectivity index (χ0) is 31.0. The molecule has 1 radical (unpaired) electrons. The third-order valence-corrected chi connectivity index (χ3v) is 8.02. The van der Waals surface area contributed by atoms with Gasteiger partial charge in [-0.1, -0.05) is 104 Å². The van der Waals surface area contributed by atoms with Crippen molar-refractivity contribution in [3.05, 3.63) is 145 Å². The molecule has 0 bridgehead atoms. The molecular formula is C42H34IrN2O-2. The molecule has 3 nitrogen and oxygen atoms in total. The number of hydrogen-bond acceptors (Lipinski definition) is 3. The van der Waals surface area contributed by atoms with Crippen molar-refractivity contribution in [3.63, 3.8) is 0 Å². The molecule has 0 amide bonds. The van der Waals surface area contributed by atoms with E-state index in [-0.39, 0.29) is 25.5 Å². The van der Waals surface area contributed by atoms with Gasteiger partial charge in [-0.25, -0.2) is 0 Å². The van der Waals surface area contributed by atoms with Gasteiger partial charge in [0.2, 0.25) is 0 Å². The first-order valence-corrected chi connectivity index (χ1v) is 15.4. The van der Waals surface area contributed by atoms with Crippen molar-refractivity contribution in [1.29, 1.82) is 0 Å². The van der Waals surface area contributed by atoms with E-state index in [1.807, 2.05) is 55.7 Å². The zero-order valence-electron chi connectivity index (χ0n) is 26.4. The van der Waals surface area contributed by atoms with E-state index in [1.54, 1.807) is 0 Å². The molecule has 229 valence electrons. The van der Waals surface area contributed by atoms with Gasteiger partial charge in [-0.15, -0.1) is 54.1 Å². The Hall–Kier alpha value is -4.63. The number of fused-ring (bicyclic) bond motifs is 7. The van der Waals surface area contributed by atoms with Crippen LogP contribution in [-0.2, 0) is 26.5 Å². The summed E-state index contributed by atoms with van der Waals surface area (Å²) in [7, 11) is 0. The van der Waals surface area contributed by atoms with Crippen LogP contribution in [0.25, 0.3) is 66.0 Å². The zero-order valence-corrected chi connectivity index (χ0v) is 28.8. The third kappa shape index (κ3) is 6.37. The summed E-state index contributed by atoms with van der Waals surface area (Å²) >= 11 is 0. The van der Waals surface area contributed by atoms with Crippen molar-refractivity contribution in [2.75, 3.05) is 0 Å². The van der Waals surface area contributed by atoms with Gasteiger partial charge in [-0.2, -0.15) is 0 Å². The molecule has 0 spiro atoms. The van der Waals surface area contributed by atoms with Crippen LogP contribution >= 0.6 is 0 Å². The van der Waals surface area contributed by atoms with Crippen molar-refractivity contribution >= 4 is 43.5 Å². The summed E-state index contributed by atoms with van der Waals surface area (Å²) in [5.74, 6) is 0. The number of hydrogen-bond donors (Lipinski definition) is 0. The average molecular weight is 775 g/mol. The molecule has 8 rings (SSSR count). The van der Waals surface area contributed by atoms with Crippen LogP contribution in [0.5, 0.6) is 0 Å². The Bertz CT molecular complexity index is 2280. The summed E-state index contributed by atoms with van der Waals surface area (Å²) in [6.07, 6.45) is 4.76. The standard InChI is InChI=1S/C30H24NO.C12H10N.Ir/c1-30(2,3)18-19-15-16-31-26(17-19)25-10-6-9-23-24-14-13-21-12-11-20-7-4-5-8-22(20)27(21)29(24)32-28(23)25;1-10-7-8-12(13-9-10)11-5-3-2-4-6-11;/h4-9,11-17H,18H2,1-3H3;2-5,7-9H,1H3;/q2*-1;. The average Bonchev–Trinajstić information content (AvgIpc) is 3.44. The molecule has 46 heavy (non-hydrogen) atoms. The minimum Gasteiger partial charge on any atom is -0.500 e. The van der Waals surface area contributed by atoms with Gasteiger partial charge in [0.05, 0.1) is 5.58 Å². The van der Waals surface area contributed by atoms with Crippen molar-refractivity contribution < 1.29 is 24.5 Å². The SMILES string of the molecule is CC(C)(C)Cc1ccnc(-c2[c-]ccc3c2oc2c3ccc3ccc4ccccc4c32)c1.Cc1ccc(-c2[c-]cccc2)nc1.[Ir]. The number of rotatable bonds is 3. The fraction of sp³-hybridized carbons (Fsp3) is 0.143. The molecule has 0 saturated carbocycles. The monoisotopic (exact) mass is 775 g/mol. The van der Waals surface area contributed by atoms with Crippen LogP contribution in [0.3, 0.4) is 0 Å². The Morgan fingerprint density at radius 2 is 1.46 bits per heavy atom. The van der Waals surface area contributed by atoms with Gasteiger partial charge >= 0.3 is 0 Å². The smallest absolute Gasteiger partial charge is 0.129 e. The topological polar surface area (TPSA) is 38.9 Å². The van der Waals surface area contributed by atoms with E-state index in [4.69, 9.17) is 4.42 Å². The quantitative estimate of drug-likeness (QED) is 0.133. The predicted octanol–water partition coefficient (Wildman–Crippen LogP) is 11.2. The molecule has 5 aromatic carbocycles. The van der Waals surface area contributed by atoms with Crippen molar-refractivity contribution in [3.8, 4) is 22.5 Å². The Labute approximate surface area is 283 Å². The molecule has 0 fully saturated rings. The van der Waals surface area contributed by atoms with Crippen LogP contribution < -0.4 is 0 Å². The van der Waals surface area contributed by atoms with Gasteiger partial charge < -0.3 is 14.4 Å². The van der Waals surface area contributed by atoms with Crippen molar-refractivity contribution in [2.45, 2.75) is 34.1 Å². The minimum atomic E-state index is 0. The summed E-state index contributed by atoms with van der Waals surface area (Å²) in [6, 6.07) is 44.1. The molecule has 0 unspecified atom stereocenters. The molecule has 0 saturated heterocycles. The Morgan fingerprint density at radius 3 is 2.24 bits per heavy atom. The second kappa shape index (κ2) is 13.0. The summed E-state index contributed by atoms with van der Waals surface area (Å²) in [5.41, 5.74) is 8.31. The van der Waals surface area contributed by atoms with Gasteiger partial charge in [0.25, 0.3) is 0 Å². The molecule has 0 aliphatic rings. The fourth-order valence-electron chi connectivity index (χ4n) is 5.99. The summed E-state index contributed by atoms with van der Waals surface area (Å²) in [4.78, 5) is 9.00. The molecule has 0 atom stereocenters. The fourth-order valence-corrected chi connectivity index (χ4v) is 5.99. The third-order valence-electron chi connectivity index (χ3n) is 8.02. The Balaban J connectivity index is 0.000000223. The summed E-state index contributed by atoms with van der Waals surface area (Å²) in [6.45, 7) is 8.81. The molecule has 3 heterocycles. The van der Waals surface area contributed by atoms with Crippen LogP contribution in [0.2, 0.25) is 0 Å². The predicted molar refractivity (Wildman–Crippen MR) is 187 cm³/mol. The molecule has 0 aliphatic heterocycles. The van der Waals surface area contributed by atoms with Crippen LogP contribution in [0.4, 0.5) is 0 Å². The van der Waals surface area contributed by atoms with Gasteiger partial charge in [0.15, 0.2) is 0 Å². The second-order valence-corrected chi connectivity index (χ2v) is 12.8. The maximum atomic E-state index is 6.63. The van der Waals surface area contributed by atoms with E-state index in [2.05, 4.69) is 116 Å². The van der Waals surface area contributed by atoms with Gasteiger partial charge in [-0.3, -0.25) is 0 Å².